The predicted octanol–water partition coefficient (Wildman–Crippen LogP) is 2.84. The van der Waals surface area contributed by atoms with Crippen molar-refractivity contribution in [3.63, 3.8) is 0 Å². The molecule has 0 bridgehead atoms. The molecule has 2 aromatic rings. The molecule has 0 atom stereocenters. The lowest BCUT2D eigenvalue weighted by atomic mass is 10.1. The smallest absolute Gasteiger partial charge is 0.241 e. The van der Waals surface area contributed by atoms with Crippen LogP contribution in [0.5, 0.6) is 0 Å². The monoisotopic (exact) mass is 346 g/mol. The second kappa shape index (κ2) is 7.15. The zero-order valence-corrected chi connectivity index (χ0v) is 15.1. The zero-order valence-electron chi connectivity index (χ0n) is 14.3. The van der Waals surface area contributed by atoms with Crippen LogP contribution in [0.3, 0.4) is 0 Å². The lowest BCUT2D eigenvalue weighted by Crippen LogP contribution is -2.33. The average molecular weight is 346 g/mol. The number of anilines is 1. The number of amides is 1. The van der Waals surface area contributed by atoms with E-state index >= 15 is 0 Å². The van der Waals surface area contributed by atoms with Crippen molar-refractivity contribution in [2.45, 2.75) is 32.6 Å². The number of nitrogens with one attached hydrogen (secondary N) is 2. The van der Waals surface area contributed by atoms with Crippen molar-refractivity contribution in [1.29, 1.82) is 0 Å². The molecule has 0 saturated carbocycles. The van der Waals surface area contributed by atoms with Gasteiger partial charge in [0.15, 0.2) is 0 Å². The second-order valence-electron chi connectivity index (χ2n) is 6.00. The molecule has 0 aliphatic heterocycles. The van der Waals surface area contributed by atoms with E-state index in [1.807, 2.05) is 45.9 Å². The molecule has 2 aromatic carbocycles. The predicted molar refractivity (Wildman–Crippen MR) is 95.7 cm³/mol. The first-order chi connectivity index (χ1) is 11.2. The van der Waals surface area contributed by atoms with Gasteiger partial charge in [-0.05, 0) is 74.2 Å². The van der Waals surface area contributed by atoms with Crippen LogP contribution < -0.4 is 10.0 Å². The number of carbonyl (C=O) groups excluding carboxylic acids is 1. The van der Waals surface area contributed by atoms with Gasteiger partial charge in [0.25, 0.3) is 0 Å². The van der Waals surface area contributed by atoms with Gasteiger partial charge in [-0.25, -0.2) is 13.1 Å². The van der Waals surface area contributed by atoms with Crippen molar-refractivity contribution in [3.8, 4) is 0 Å². The molecule has 0 radical (unpaired) electrons. The third-order valence-corrected chi connectivity index (χ3v) is 5.12. The lowest BCUT2D eigenvalue weighted by Gasteiger charge is -2.10. The number of benzene rings is 2. The van der Waals surface area contributed by atoms with Crippen LogP contribution in [-0.4, -0.2) is 20.9 Å². The highest BCUT2D eigenvalue weighted by atomic mass is 32.2. The Balaban J connectivity index is 2.03. The Kier molecular flexibility index (Phi) is 5.41. The van der Waals surface area contributed by atoms with E-state index in [4.69, 9.17) is 0 Å². The normalized spacial score (nSPS) is 11.3. The highest BCUT2D eigenvalue weighted by molar-refractivity contribution is 7.89. The number of carbonyl (C=O) groups is 1. The summed E-state index contributed by atoms with van der Waals surface area (Å²) in [6.45, 7) is 7.32. The number of hydrogen-bond acceptors (Lipinski definition) is 3. The number of aryl methyl sites for hydroxylation is 4. The third kappa shape index (κ3) is 4.66. The maximum absolute atomic E-state index is 12.3. The van der Waals surface area contributed by atoms with Crippen molar-refractivity contribution in [1.82, 2.24) is 4.72 Å². The van der Waals surface area contributed by atoms with Gasteiger partial charge in [-0.15, -0.1) is 0 Å². The molecule has 6 heteroatoms. The fourth-order valence-corrected chi connectivity index (χ4v) is 3.44. The van der Waals surface area contributed by atoms with Crippen molar-refractivity contribution < 1.29 is 13.2 Å². The van der Waals surface area contributed by atoms with Crippen molar-refractivity contribution >= 4 is 21.6 Å². The van der Waals surface area contributed by atoms with Crippen LogP contribution in [0.4, 0.5) is 5.69 Å². The van der Waals surface area contributed by atoms with Gasteiger partial charge in [0.05, 0.1) is 11.4 Å². The molecule has 128 valence electrons. The van der Waals surface area contributed by atoms with E-state index in [0.29, 0.717) is 5.69 Å². The Hall–Kier alpha value is -2.18. The summed E-state index contributed by atoms with van der Waals surface area (Å²) in [5.74, 6) is -0.410. The van der Waals surface area contributed by atoms with Gasteiger partial charge in [0, 0.05) is 5.69 Å². The van der Waals surface area contributed by atoms with Crippen LogP contribution in [0.2, 0.25) is 0 Å². The molecule has 5 nitrogen and oxygen atoms in total. The summed E-state index contributed by atoms with van der Waals surface area (Å²) in [4.78, 5) is 12.2. The molecule has 2 rings (SSSR count). The fourth-order valence-electron chi connectivity index (χ4n) is 2.38. The summed E-state index contributed by atoms with van der Waals surface area (Å²) in [6, 6.07) is 10.6. The van der Waals surface area contributed by atoms with Crippen LogP contribution in [-0.2, 0) is 14.8 Å². The van der Waals surface area contributed by atoms with E-state index in [2.05, 4.69) is 10.0 Å². The van der Waals surface area contributed by atoms with Crippen LogP contribution in [0.1, 0.15) is 22.3 Å². The average Bonchev–Trinajstić information content (AvgIpc) is 2.47. The Morgan fingerprint density at radius 2 is 1.54 bits per heavy atom. The van der Waals surface area contributed by atoms with Crippen LogP contribution in [0, 0.1) is 27.7 Å². The Morgan fingerprint density at radius 1 is 0.917 bits per heavy atom. The van der Waals surface area contributed by atoms with Crippen molar-refractivity contribution in [3.05, 3.63) is 58.7 Å². The number of hydrogen-bond donors (Lipinski definition) is 2. The summed E-state index contributed by atoms with van der Waals surface area (Å²) in [7, 11) is -3.71. The summed E-state index contributed by atoms with van der Waals surface area (Å²) in [6.07, 6.45) is 0. The molecule has 2 N–H and O–H groups in total. The molecular formula is C18H22N2O3S. The van der Waals surface area contributed by atoms with Gasteiger partial charge < -0.3 is 5.32 Å². The van der Waals surface area contributed by atoms with Gasteiger partial charge in [0.1, 0.15) is 0 Å². The number of rotatable bonds is 5. The van der Waals surface area contributed by atoms with Crippen molar-refractivity contribution in [2.24, 2.45) is 0 Å². The van der Waals surface area contributed by atoms with Crippen LogP contribution in [0.15, 0.2) is 41.3 Å². The minimum atomic E-state index is -3.71. The standard InChI is InChI=1S/C18H22N2O3S/c1-12-7-13(2)9-16(8-12)20-18(21)11-19-24(22,23)17-6-5-14(3)15(4)10-17/h5-10,19H,11H2,1-4H3,(H,20,21). The van der Waals surface area contributed by atoms with E-state index < -0.39 is 15.9 Å². The second-order valence-corrected chi connectivity index (χ2v) is 7.76. The molecule has 0 spiro atoms. The van der Waals surface area contributed by atoms with Gasteiger partial charge in [0.2, 0.25) is 15.9 Å². The molecule has 0 unspecified atom stereocenters. The topological polar surface area (TPSA) is 75.3 Å². The maximum Gasteiger partial charge on any atom is 0.241 e. The molecule has 0 aliphatic rings. The van der Waals surface area contributed by atoms with E-state index in [1.54, 1.807) is 12.1 Å². The first-order valence-corrected chi connectivity index (χ1v) is 9.11. The van der Waals surface area contributed by atoms with Crippen molar-refractivity contribution in [2.75, 3.05) is 11.9 Å². The fraction of sp³-hybridized carbons (Fsp3) is 0.278. The Labute approximate surface area is 143 Å². The summed E-state index contributed by atoms with van der Waals surface area (Å²) >= 11 is 0. The SMILES string of the molecule is Cc1cc(C)cc(NC(=O)CNS(=O)(=O)c2ccc(C)c(C)c2)c1. The zero-order chi connectivity index (χ0) is 17.9. The number of sulfonamides is 1. The summed E-state index contributed by atoms with van der Waals surface area (Å²) in [5.41, 5.74) is 4.61. The summed E-state index contributed by atoms with van der Waals surface area (Å²) < 4.78 is 26.9. The van der Waals surface area contributed by atoms with E-state index in [1.165, 1.54) is 6.07 Å². The minimum absolute atomic E-state index is 0.157. The van der Waals surface area contributed by atoms with E-state index in [0.717, 1.165) is 22.3 Å². The molecule has 0 aromatic heterocycles. The molecule has 0 heterocycles. The highest BCUT2D eigenvalue weighted by Crippen LogP contribution is 2.15. The van der Waals surface area contributed by atoms with Crippen LogP contribution in [0.25, 0.3) is 0 Å². The van der Waals surface area contributed by atoms with E-state index in [-0.39, 0.29) is 11.4 Å². The largest absolute Gasteiger partial charge is 0.325 e. The maximum atomic E-state index is 12.3. The van der Waals surface area contributed by atoms with E-state index in [9.17, 15) is 13.2 Å². The Morgan fingerprint density at radius 3 is 2.12 bits per heavy atom. The molecule has 0 aliphatic carbocycles. The third-order valence-electron chi connectivity index (χ3n) is 3.72. The molecular weight excluding hydrogens is 324 g/mol. The summed E-state index contributed by atoms with van der Waals surface area (Å²) in [5, 5.41) is 2.70. The van der Waals surface area contributed by atoms with Gasteiger partial charge in [-0.2, -0.15) is 0 Å². The molecule has 0 saturated heterocycles. The Bertz CT molecular complexity index is 854. The van der Waals surface area contributed by atoms with Crippen LogP contribution >= 0.6 is 0 Å². The first-order valence-electron chi connectivity index (χ1n) is 7.62. The lowest BCUT2D eigenvalue weighted by molar-refractivity contribution is -0.115. The molecule has 0 fully saturated rings. The molecule has 1 amide bonds. The minimum Gasteiger partial charge on any atom is -0.325 e. The van der Waals surface area contributed by atoms with Gasteiger partial charge in [-0.1, -0.05) is 12.1 Å². The van der Waals surface area contributed by atoms with Gasteiger partial charge in [-0.3, -0.25) is 4.79 Å². The first kappa shape index (κ1) is 18.2. The highest BCUT2D eigenvalue weighted by Gasteiger charge is 2.16. The van der Waals surface area contributed by atoms with Gasteiger partial charge >= 0.3 is 0 Å². The molecule has 24 heavy (non-hydrogen) atoms. The quantitative estimate of drug-likeness (QED) is 0.874.